The van der Waals surface area contributed by atoms with Crippen LogP contribution in [0.1, 0.15) is 64.9 Å². The average molecular weight is 291 g/mol. The van der Waals surface area contributed by atoms with Gasteiger partial charge >= 0.3 is 0 Å². The van der Waals surface area contributed by atoms with E-state index in [0.717, 1.165) is 43.1 Å². The zero-order valence-corrected chi connectivity index (χ0v) is 13.7. The van der Waals surface area contributed by atoms with Crippen LogP contribution in [0.25, 0.3) is 0 Å². The molecule has 1 fully saturated rings. The van der Waals surface area contributed by atoms with Crippen LogP contribution >= 0.6 is 0 Å². The monoisotopic (exact) mass is 291 g/mol. The smallest absolute Gasteiger partial charge is 0.222 e. The van der Waals surface area contributed by atoms with Crippen LogP contribution in [-0.2, 0) is 6.42 Å². The minimum Gasteiger partial charge on any atom is -0.474 e. The average Bonchev–Trinajstić information content (AvgIpc) is 2.51. The summed E-state index contributed by atoms with van der Waals surface area (Å²) in [6.45, 7) is 7.41. The van der Waals surface area contributed by atoms with E-state index in [-0.39, 0.29) is 0 Å². The quantitative estimate of drug-likeness (QED) is 0.817. The molecule has 21 heavy (non-hydrogen) atoms. The summed E-state index contributed by atoms with van der Waals surface area (Å²) in [5.41, 5.74) is 1.14. The molecular formula is C17H29N3O. The zero-order chi connectivity index (χ0) is 15.1. The van der Waals surface area contributed by atoms with Gasteiger partial charge in [0, 0.05) is 6.54 Å². The van der Waals surface area contributed by atoms with Gasteiger partial charge in [-0.25, -0.2) is 9.97 Å². The van der Waals surface area contributed by atoms with Crippen LogP contribution in [0.3, 0.4) is 0 Å². The van der Waals surface area contributed by atoms with Gasteiger partial charge in [-0.2, -0.15) is 0 Å². The van der Waals surface area contributed by atoms with Gasteiger partial charge in [-0.05, 0) is 44.9 Å². The fourth-order valence-electron chi connectivity index (χ4n) is 3.23. The number of hydrogen-bond donors (Lipinski definition) is 1. The van der Waals surface area contributed by atoms with Gasteiger partial charge in [-0.1, -0.05) is 26.7 Å². The molecule has 4 heteroatoms. The van der Waals surface area contributed by atoms with Crippen molar-refractivity contribution in [3.8, 4) is 5.88 Å². The minimum absolute atomic E-state index is 0.323. The maximum absolute atomic E-state index is 6.34. The SMILES string of the molecule is CCCc1c(NCC)ncnc1OC1CCCCC1CC. The van der Waals surface area contributed by atoms with Crippen molar-refractivity contribution >= 4 is 5.82 Å². The first kappa shape index (κ1) is 16.1. The van der Waals surface area contributed by atoms with Crippen LogP contribution in [0, 0.1) is 5.92 Å². The number of nitrogens with zero attached hydrogens (tertiary/aromatic N) is 2. The molecule has 0 aromatic carbocycles. The summed E-state index contributed by atoms with van der Waals surface area (Å²) in [5, 5.41) is 3.33. The molecule has 1 aromatic rings. The largest absolute Gasteiger partial charge is 0.474 e. The highest BCUT2D eigenvalue weighted by molar-refractivity contribution is 5.48. The summed E-state index contributed by atoms with van der Waals surface area (Å²) in [4.78, 5) is 8.81. The van der Waals surface area contributed by atoms with Gasteiger partial charge in [0.2, 0.25) is 5.88 Å². The molecule has 1 N–H and O–H groups in total. The molecule has 2 atom stereocenters. The highest BCUT2D eigenvalue weighted by Gasteiger charge is 2.26. The van der Waals surface area contributed by atoms with Crippen LogP contribution in [0.4, 0.5) is 5.82 Å². The normalized spacial score (nSPS) is 22.0. The molecule has 118 valence electrons. The molecule has 2 unspecified atom stereocenters. The summed E-state index contributed by atoms with van der Waals surface area (Å²) in [5.74, 6) is 2.41. The van der Waals surface area contributed by atoms with E-state index in [1.54, 1.807) is 6.33 Å². The lowest BCUT2D eigenvalue weighted by atomic mass is 9.85. The van der Waals surface area contributed by atoms with E-state index >= 15 is 0 Å². The molecular weight excluding hydrogens is 262 g/mol. The third-order valence-corrected chi connectivity index (χ3v) is 4.38. The Balaban J connectivity index is 2.19. The molecule has 4 nitrogen and oxygen atoms in total. The van der Waals surface area contributed by atoms with Crippen molar-refractivity contribution in [2.45, 2.75) is 71.8 Å². The lowest BCUT2D eigenvalue weighted by molar-refractivity contribution is 0.0847. The first-order valence-electron chi connectivity index (χ1n) is 8.54. The van der Waals surface area contributed by atoms with Crippen molar-refractivity contribution in [3.63, 3.8) is 0 Å². The molecule has 1 heterocycles. The van der Waals surface area contributed by atoms with E-state index in [0.29, 0.717) is 12.0 Å². The fourth-order valence-corrected chi connectivity index (χ4v) is 3.23. The first-order chi connectivity index (χ1) is 10.3. The maximum Gasteiger partial charge on any atom is 0.222 e. The number of hydrogen-bond acceptors (Lipinski definition) is 4. The minimum atomic E-state index is 0.323. The van der Waals surface area contributed by atoms with Gasteiger partial charge in [-0.15, -0.1) is 0 Å². The van der Waals surface area contributed by atoms with Crippen molar-refractivity contribution in [1.29, 1.82) is 0 Å². The van der Waals surface area contributed by atoms with Crippen LogP contribution in [-0.4, -0.2) is 22.6 Å². The van der Waals surface area contributed by atoms with Gasteiger partial charge in [0.1, 0.15) is 18.2 Å². The van der Waals surface area contributed by atoms with Crippen molar-refractivity contribution in [3.05, 3.63) is 11.9 Å². The van der Waals surface area contributed by atoms with Crippen LogP contribution in [0.5, 0.6) is 5.88 Å². The van der Waals surface area contributed by atoms with Crippen LogP contribution in [0.15, 0.2) is 6.33 Å². The highest BCUT2D eigenvalue weighted by atomic mass is 16.5. The van der Waals surface area contributed by atoms with Crippen LogP contribution in [0.2, 0.25) is 0 Å². The van der Waals surface area contributed by atoms with Gasteiger partial charge in [0.15, 0.2) is 0 Å². The number of rotatable bonds is 7. The van der Waals surface area contributed by atoms with Gasteiger partial charge in [0.05, 0.1) is 5.56 Å². The zero-order valence-electron chi connectivity index (χ0n) is 13.7. The third-order valence-electron chi connectivity index (χ3n) is 4.38. The van der Waals surface area contributed by atoms with E-state index in [1.807, 2.05) is 0 Å². The molecule has 1 aromatic heterocycles. The molecule has 2 rings (SSSR count). The van der Waals surface area contributed by atoms with Gasteiger partial charge in [0.25, 0.3) is 0 Å². The molecule has 0 aliphatic heterocycles. The van der Waals surface area contributed by atoms with Gasteiger partial charge < -0.3 is 10.1 Å². The molecule has 1 aliphatic rings. The Hall–Kier alpha value is -1.32. The summed E-state index contributed by atoms with van der Waals surface area (Å²) in [6, 6.07) is 0. The summed E-state index contributed by atoms with van der Waals surface area (Å²) >= 11 is 0. The van der Waals surface area contributed by atoms with Crippen molar-refractivity contribution in [2.24, 2.45) is 5.92 Å². The maximum atomic E-state index is 6.34. The third kappa shape index (κ3) is 4.08. The predicted octanol–water partition coefficient (Wildman–Crippen LogP) is 4.21. The standard InChI is InChI=1S/C17H29N3O/c1-4-9-14-16(18-6-3)19-12-20-17(14)21-15-11-8-7-10-13(15)5-2/h12-13,15H,4-11H2,1-3H3,(H,18,19,20). The second-order valence-electron chi connectivity index (χ2n) is 5.90. The second-order valence-corrected chi connectivity index (χ2v) is 5.90. The summed E-state index contributed by atoms with van der Waals surface area (Å²) in [7, 11) is 0. The Morgan fingerprint density at radius 3 is 2.71 bits per heavy atom. The topological polar surface area (TPSA) is 47.0 Å². The Kier molecular flexibility index (Phi) is 6.27. The van der Waals surface area contributed by atoms with E-state index < -0.39 is 0 Å². The molecule has 0 spiro atoms. The number of aromatic nitrogens is 2. The molecule has 0 saturated heterocycles. The Bertz CT molecular complexity index is 436. The molecule has 1 saturated carbocycles. The fraction of sp³-hybridized carbons (Fsp3) is 0.765. The van der Waals surface area contributed by atoms with Crippen LogP contribution < -0.4 is 10.1 Å². The summed E-state index contributed by atoms with van der Waals surface area (Å²) < 4.78 is 6.34. The second kappa shape index (κ2) is 8.20. The lowest BCUT2D eigenvalue weighted by Gasteiger charge is -2.31. The lowest BCUT2D eigenvalue weighted by Crippen LogP contribution is -2.30. The van der Waals surface area contributed by atoms with Crippen molar-refractivity contribution in [2.75, 3.05) is 11.9 Å². The van der Waals surface area contributed by atoms with Crippen molar-refractivity contribution < 1.29 is 4.74 Å². The molecule has 0 amide bonds. The van der Waals surface area contributed by atoms with E-state index in [2.05, 4.69) is 36.1 Å². The molecule has 0 radical (unpaired) electrons. The number of ether oxygens (including phenoxy) is 1. The number of anilines is 1. The Morgan fingerprint density at radius 1 is 1.19 bits per heavy atom. The number of nitrogens with one attached hydrogen (secondary N) is 1. The highest BCUT2D eigenvalue weighted by Crippen LogP contribution is 2.32. The molecule has 0 bridgehead atoms. The van der Waals surface area contributed by atoms with E-state index in [9.17, 15) is 0 Å². The van der Waals surface area contributed by atoms with Gasteiger partial charge in [-0.3, -0.25) is 0 Å². The first-order valence-corrected chi connectivity index (χ1v) is 8.54. The Morgan fingerprint density at radius 2 is 2.00 bits per heavy atom. The van der Waals surface area contributed by atoms with E-state index in [4.69, 9.17) is 4.74 Å². The molecule has 1 aliphatic carbocycles. The summed E-state index contributed by atoms with van der Waals surface area (Å²) in [6.07, 6.45) is 10.2. The Labute approximate surface area is 128 Å². The van der Waals surface area contributed by atoms with E-state index in [1.165, 1.54) is 25.7 Å². The van der Waals surface area contributed by atoms with Crippen molar-refractivity contribution in [1.82, 2.24) is 9.97 Å². The predicted molar refractivity (Wildman–Crippen MR) is 86.9 cm³/mol.